The van der Waals surface area contributed by atoms with Gasteiger partial charge >= 0.3 is 5.97 Å². The Morgan fingerprint density at radius 3 is 1.58 bits per heavy atom. The summed E-state index contributed by atoms with van der Waals surface area (Å²) in [7, 11) is 0. The van der Waals surface area contributed by atoms with Gasteiger partial charge in [-0.2, -0.15) is 0 Å². The van der Waals surface area contributed by atoms with Gasteiger partial charge in [0.05, 0.1) is 0 Å². The molecule has 1 rings (SSSR count). The Balaban J connectivity index is 1.67. The van der Waals surface area contributed by atoms with Crippen LogP contribution in [0.4, 0.5) is 0 Å². The summed E-state index contributed by atoms with van der Waals surface area (Å²) < 4.78 is 0. The molecule has 0 amide bonds. The van der Waals surface area contributed by atoms with Crippen molar-refractivity contribution in [2.75, 3.05) is 0 Å². The second-order valence-electron chi connectivity index (χ2n) is 8.39. The normalized spacial score (nSPS) is 16.8. The lowest BCUT2D eigenvalue weighted by molar-refractivity contribution is -0.137. The fraction of sp³-hybridized carbons (Fsp3) is 0.875. The van der Waals surface area contributed by atoms with Crippen molar-refractivity contribution in [1.82, 2.24) is 0 Å². The summed E-state index contributed by atoms with van der Waals surface area (Å²) in [5, 5.41) is 8.58. The van der Waals surface area contributed by atoms with Gasteiger partial charge in [0.25, 0.3) is 0 Å². The number of aliphatic carboxylic acids is 1. The van der Waals surface area contributed by atoms with Gasteiger partial charge in [-0.05, 0) is 31.6 Å². The highest BCUT2D eigenvalue weighted by Crippen LogP contribution is 2.24. The summed E-state index contributed by atoms with van der Waals surface area (Å²) in [4.78, 5) is 10.4. The van der Waals surface area contributed by atoms with Gasteiger partial charge in [0, 0.05) is 6.42 Å². The molecule has 0 fully saturated rings. The minimum absolute atomic E-state index is 0.345. The van der Waals surface area contributed by atoms with Crippen LogP contribution >= 0.6 is 0 Å². The van der Waals surface area contributed by atoms with Crippen LogP contribution in [0.1, 0.15) is 128 Å². The first-order valence-corrected chi connectivity index (χ1v) is 11.7. The third-order valence-electron chi connectivity index (χ3n) is 5.88. The molecule has 0 heterocycles. The molecule has 1 atom stereocenters. The third kappa shape index (κ3) is 15.5. The van der Waals surface area contributed by atoms with E-state index >= 15 is 0 Å². The van der Waals surface area contributed by atoms with Gasteiger partial charge in [-0.15, -0.1) is 0 Å². The van der Waals surface area contributed by atoms with Crippen LogP contribution in [0.2, 0.25) is 0 Å². The highest BCUT2D eigenvalue weighted by Gasteiger charge is 2.08. The van der Waals surface area contributed by atoms with E-state index in [1.54, 1.807) is 0 Å². The molecule has 0 aliphatic heterocycles. The highest BCUT2D eigenvalue weighted by atomic mass is 16.4. The number of unbranched alkanes of at least 4 members (excludes halogenated alkanes) is 14. The summed E-state index contributed by atoms with van der Waals surface area (Å²) >= 11 is 0. The lowest BCUT2D eigenvalue weighted by Gasteiger charge is -2.17. The zero-order chi connectivity index (χ0) is 18.7. The molecule has 2 heteroatoms. The van der Waals surface area contributed by atoms with E-state index in [2.05, 4.69) is 12.2 Å². The smallest absolute Gasteiger partial charge is 0.303 e. The van der Waals surface area contributed by atoms with Crippen LogP contribution in [0.3, 0.4) is 0 Å². The average Bonchev–Trinajstić information content (AvgIpc) is 2.65. The lowest BCUT2D eigenvalue weighted by atomic mass is 9.89. The molecule has 0 spiro atoms. The van der Waals surface area contributed by atoms with Crippen molar-refractivity contribution in [3.05, 3.63) is 12.2 Å². The van der Waals surface area contributed by atoms with Crippen LogP contribution in [0.5, 0.6) is 0 Å². The first-order valence-electron chi connectivity index (χ1n) is 11.7. The summed E-state index contributed by atoms with van der Waals surface area (Å²) in [5.74, 6) is 0.340. The van der Waals surface area contributed by atoms with E-state index < -0.39 is 5.97 Å². The van der Waals surface area contributed by atoms with Crippen LogP contribution < -0.4 is 0 Å². The van der Waals surface area contributed by atoms with Crippen molar-refractivity contribution in [3.63, 3.8) is 0 Å². The van der Waals surface area contributed by atoms with Crippen LogP contribution in [-0.4, -0.2) is 11.1 Å². The molecular formula is C24H44O2. The summed E-state index contributed by atoms with van der Waals surface area (Å²) in [6.45, 7) is 0. The highest BCUT2D eigenvalue weighted by molar-refractivity contribution is 5.66. The number of allylic oxidation sites excluding steroid dienone is 2. The van der Waals surface area contributed by atoms with Gasteiger partial charge in [0.1, 0.15) is 0 Å². The molecule has 0 saturated heterocycles. The molecule has 2 nitrogen and oxygen atoms in total. The third-order valence-corrected chi connectivity index (χ3v) is 5.88. The van der Waals surface area contributed by atoms with Crippen molar-refractivity contribution >= 4 is 5.97 Å². The topological polar surface area (TPSA) is 37.3 Å². The van der Waals surface area contributed by atoms with E-state index in [0.29, 0.717) is 6.42 Å². The Morgan fingerprint density at radius 1 is 0.692 bits per heavy atom. The van der Waals surface area contributed by atoms with Gasteiger partial charge in [0.2, 0.25) is 0 Å². The second kappa shape index (κ2) is 17.6. The predicted molar refractivity (Wildman–Crippen MR) is 113 cm³/mol. The Labute approximate surface area is 162 Å². The molecule has 1 aliphatic carbocycles. The van der Waals surface area contributed by atoms with Crippen molar-refractivity contribution in [1.29, 1.82) is 0 Å². The van der Waals surface area contributed by atoms with Gasteiger partial charge < -0.3 is 5.11 Å². The van der Waals surface area contributed by atoms with Gasteiger partial charge in [-0.3, -0.25) is 4.79 Å². The lowest BCUT2D eigenvalue weighted by Crippen LogP contribution is -2.02. The van der Waals surface area contributed by atoms with Gasteiger partial charge in [0.15, 0.2) is 0 Å². The number of rotatable bonds is 18. The van der Waals surface area contributed by atoms with E-state index in [9.17, 15) is 4.79 Å². The Bertz CT molecular complexity index is 348. The molecule has 1 N–H and O–H groups in total. The number of hydrogen-bond donors (Lipinski definition) is 1. The molecule has 152 valence electrons. The average molecular weight is 365 g/mol. The zero-order valence-electron chi connectivity index (χ0n) is 17.2. The maximum Gasteiger partial charge on any atom is 0.303 e. The first-order chi connectivity index (χ1) is 12.8. The van der Waals surface area contributed by atoms with Crippen LogP contribution in [-0.2, 0) is 4.79 Å². The zero-order valence-corrected chi connectivity index (χ0v) is 17.2. The fourth-order valence-corrected chi connectivity index (χ4v) is 4.13. The van der Waals surface area contributed by atoms with Crippen molar-refractivity contribution in [3.8, 4) is 0 Å². The fourth-order valence-electron chi connectivity index (χ4n) is 4.13. The Kier molecular flexibility index (Phi) is 15.8. The van der Waals surface area contributed by atoms with Crippen LogP contribution in [0.15, 0.2) is 12.2 Å². The van der Waals surface area contributed by atoms with Crippen LogP contribution in [0.25, 0.3) is 0 Å². The second-order valence-corrected chi connectivity index (χ2v) is 8.39. The predicted octanol–water partition coefficient (Wildman–Crippen LogP) is 8.06. The number of carboxylic acids is 1. The SMILES string of the molecule is O=C(O)CCCCCCCCCCCCCCCCCC1CC=CCC1. The molecule has 0 aromatic rings. The monoisotopic (exact) mass is 364 g/mol. The number of carboxylic acid groups (broad SMARTS) is 1. The maximum atomic E-state index is 10.4. The maximum absolute atomic E-state index is 10.4. The minimum Gasteiger partial charge on any atom is -0.481 e. The van der Waals surface area contributed by atoms with E-state index in [1.165, 1.54) is 109 Å². The molecular weight excluding hydrogens is 320 g/mol. The van der Waals surface area contributed by atoms with Gasteiger partial charge in [-0.25, -0.2) is 0 Å². The molecule has 26 heavy (non-hydrogen) atoms. The Morgan fingerprint density at radius 2 is 1.15 bits per heavy atom. The molecule has 1 aliphatic rings. The Hall–Kier alpha value is -0.790. The van der Waals surface area contributed by atoms with Crippen molar-refractivity contribution in [2.24, 2.45) is 5.92 Å². The quantitative estimate of drug-likeness (QED) is 0.197. The number of hydrogen-bond acceptors (Lipinski definition) is 1. The molecule has 0 bridgehead atoms. The summed E-state index contributed by atoms with van der Waals surface area (Å²) in [6.07, 6.45) is 30.7. The van der Waals surface area contributed by atoms with E-state index in [0.717, 1.165) is 18.8 Å². The molecule has 0 saturated carbocycles. The molecule has 0 aromatic carbocycles. The van der Waals surface area contributed by atoms with Crippen molar-refractivity contribution < 1.29 is 9.90 Å². The minimum atomic E-state index is -0.651. The summed E-state index contributed by atoms with van der Waals surface area (Å²) in [5.41, 5.74) is 0. The van der Waals surface area contributed by atoms with Crippen LogP contribution in [0, 0.1) is 5.92 Å². The number of carbonyl (C=O) groups is 1. The largest absolute Gasteiger partial charge is 0.481 e. The summed E-state index contributed by atoms with van der Waals surface area (Å²) in [6, 6.07) is 0. The standard InChI is InChI=1S/C24H44O2/c25-24(26)22-18-13-11-9-7-5-3-1-2-4-6-8-10-12-15-19-23-20-16-14-17-21-23/h14,16,23H,1-13,15,17-22H2,(H,25,26). The first kappa shape index (κ1) is 23.2. The molecule has 1 unspecified atom stereocenters. The van der Waals surface area contributed by atoms with E-state index in [1.807, 2.05) is 0 Å². The van der Waals surface area contributed by atoms with E-state index in [-0.39, 0.29) is 0 Å². The molecule has 0 radical (unpaired) electrons. The van der Waals surface area contributed by atoms with Gasteiger partial charge in [-0.1, -0.05) is 108 Å². The molecule has 0 aromatic heterocycles. The van der Waals surface area contributed by atoms with Crippen molar-refractivity contribution in [2.45, 2.75) is 128 Å². The van der Waals surface area contributed by atoms with E-state index in [4.69, 9.17) is 5.11 Å².